The van der Waals surface area contributed by atoms with Crippen LogP contribution in [0.4, 0.5) is 0 Å². The molecule has 1 aliphatic carbocycles. The fourth-order valence-electron chi connectivity index (χ4n) is 2.03. The largest absolute Gasteiger partial charge is 0.465 e. The maximum atomic E-state index is 11.9. The summed E-state index contributed by atoms with van der Waals surface area (Å²) in [6.07, 6.45) is 2.79. The van der Waals surface area contributed by atoms with E-state index < -0.39 is 5.41 Å². The first-order valence-electron chi connectivity index (χ1n) is 5.70. The summed E-state index contributed by atoms with van der Waals surface area (Å²) < 4.78 is 5.12. The Labute approximate surface area is 95.9 Å². The molecule has 0 amide bonds. The molecule has 0 unspecified atom stereocenters. The predicted molar refractivity (Wildman–Crippen MR) is 63.8 cm³/mol. The highest BCUT2D eigenvalue weighted by Gasteiger charge is 2.50. The molecule has 1 atom stereocenters. The van der Waals surface area contributed by atoms with E-state index >= 15 is 0 Å². The zero-order valence-electron chi connectivity index (χ0n) is 9.69. The monoisotopic (exact) mass is 216 g/mol. The molecule has 2 rings (SSSR count). The Bertz CT molecular complexity index is 420. The van der Waals surface area contributed by atoms with Gasteiger partial charge in [-0.3, -0.25) is 4.79 Å². The topological polar surface area (TPSA) is 26.3 Å². The molecule has 0 heterocycles. The van der Waals surface area contributed by atoms with Crippen molar-refractivity contribution >= 4 is 11.5 Å². The zero-order valence-corrected chi connectivity index (χ0v) is 9.69. The molecule has 0 fully saturated rings. The summed E-state index contributed by atoms with van der Waals surface area (Å²) in [6, 6.07) is 10.0. The van der Waals surface area contributed by atoms with E-state index in [9.17, 15) is 4.79 Å². The van der Waals surface area contributed by atoms with Gasteiger partial charge in [-0.2, -0.15) is 0 Å². The van der Waals surface area contributed by atoms with Crippen LogP contribution in [-0.4, -0.2) is 12.6 Å². The van der Waals surface area contributed by atoms with Crippen molar-refractivity contribution in [1.29, 1.82) is 0 Å². The quantitative estimate of drug-likeness (QED) is 0.723. The van der Waals surface area contributed by atoms with Crippen molar-refractivity contribution in [3.05, 3.63) is 42.0 Å². The van der Waals surface area contributed by atoms with E-state index in [4.69, 9.17) is 4.74 Å². The summed E-state index contributed by atoms with van der Waals surface area (Å²) in [5.41, 5.74) is 1.78. The number of rotatable bonds is 4. The van der Waals surface area contributed by atoms with E-state index in [2.05, 4.69) is 0 Å². The fraction of sp³-hybridized carbons (Fsp3) is 0.357. The highest BCUT2D eigenvalue weighted by Crippen LogP contribution is 2.54. The molecule has 0 bridgehead atoms. The zero-order chi connectivity index (χ0) is 11.6. The lowest BCUT2D eigenvalue weighted by atomic mass is 9.93. The van der Waals surface area contributed by atoms with Gasteiger partial charge in [0.2, 0.25) is 0 Å². The Morgan fingerprint density at radius 1 is 1.25 bits per heavy atom. The number of benzene rings is 1. The van der Waals surface area contributed by atoms with Crippen molar-refractivity contribution in [3.63, 3.8) is 0 Å². The molecule has 16 heavy (non-hydrogen) atoms. The highest BCUT2D eigenvalue weighted by atomic mass is 16.5. The second-order valence-corrected chi connectivity index (χ2v) is 3.97. The number of carbonyl (C=O) groups is 1. The molecule has 0 aliphatic heterocycles. The molecular formula is C14H16O2. The van der Waals surface area contributed by atoms with Gasteiger partial charge in [-0.25, -0.2) is 0 Å². The minimum atomic E-state index is -0.447. The van der Waals surface area contributed by atoms with E-state index in [0.29, 0.717) is 6.61 Å². The number of ether oxygens (including phenoxy) is 1. The van der Waals surface area contributed by atoms with Gasteiger partial charge in [0.15, 0.2) is 0 Å². The van der Waals surface area contributed by atoms with Gasteiger partial charge in [-0.15, -0.1) is 0 Å². The van der Waals surface area contributed by atoms with Crippen LogP contribution in [0.15, 0.2) is 36.4 Å². The first-order chi connectivity index (χ1) is 7.74. The minimum Gasteiger partial charge on any atom is -0.465 e. The average molecular weight is 216 g/mol. The van der Waals surface area contributed by atoms with Crippen LogP contribution in [0.1, 0.15) is 25.8 Å². The van der Waals surface area contributed by atoms with Crippen molar-refractivity contribution in [3.8, 4) is 0 Å². The Kier molecular flexibility index (Phi) is 2.82. The van der Waals surface area contributed by atoms with Gasteiger partial charge >= 0.3 is 5.97 Å². The third-order valence-electron chi connectivity index (χ3n) is 3.07. The van der Waals surface area contributed by atoms with E-state index in [-0.39, 0.29) is 5.97 Å². The molecule has 1 aliphatic rings. The van der Waals surface area contributed by atoms with Crippen LogP contribution in [0.5, 0.6) is 0 Å². The van der Waals surface area contributed by atoms with Gasteiger partial charge in [0.05, 0.1) is 6.61 Å². The molecule has 0 radical (unpaired) electrons. The van der Waals surface area contributed by atoms with Crippen molar-refractivity contribution in [2.24, 2.45) is 5.41 Å². The SMILES string of the molecule is CCOC(=O)[C@]1(CC)C=C1c1ccccc1. The highest BCUT2D eigenvalue weighted by molar-refractivity contribution is 6.05. The molecule has 2 heteroatoms. The first kappa shape index (κ1) is 10.9. The van der Waals surface area contributed by atoms with Crippen molar-refractivity contribution < 1.29 is 9.53 Å². The Hall–Kier alpha value is -1.57. The summed E-state index contributed by atoms with van der Waals surface area (Å²) in [7, 11) is 0. The van der Waals surface area contributed by atoms with Crippen LogP contribution in [0.3, 0.4) is 0 Å². The lowest BCUT2D eigenvalue weighted by Crippen LogP contribution is -2.21. The van der Waals surface area contributed by atoms with Crippen LogP contribution < -0.4 is 0 Å². The number of esters is 1. The molecule has 1 aromatic carbocycles. The third-order valence-corrected chi connectivity index (χ3v) is 3.07. The van der Waals surface area contributed by atoms with Crippen LogP contribution in [-0.2, 0) is 9.53 Å². The molecule has 0 saturated carbocycles. The molecule has 1 aromatic rings. The van der Waals surface area contributed by atoms with E-state index in [1.165, 1.54) is 0 Å². The van der Waals surface area contributed by atoms with E-state index in [1.807, 2.05) is 50.3 Å². The van der Waals surface area contributed by atoms with E-state index in [1.54, 1.807) is 0 Å². The van der Waals surface area contributed by atoms with Gasteiger partial charge in [0.1, 0.15) is 5.41 Å². The predicted octanol–water partition coefficient (Wildman–Crippen LogP) is 3.04. The van der Waals surface area contributed by atoms with E-state index in [0.717, 1.165) is 17.6 Å². The van der Waals surface area contributed by atoms with Gasteiger partial charge in [-0.05, 0) is 24.5 Å². The number of hydrogen-bond donors (Lipinski definition) is 0. The molecule has 84 valence electrons. The van der Waals surface area contributed by atoms with Crippen LogP contribution in [0, 0.1) is 5.41 Å². The Balaban J connectivity index is 2.17. The van der Waals surface area contributed by atoms with Gasteiger partial charge in [0.25, 0.3) is 0 Å². The standard InChI is InChI=1S/C14H16O2/c1-3-14(13(15)16-4-2)10-12(14)11-8-6-5-7-9-11/h5-10H,3-4H2,1-2H3/t14-/m1/s1. The first-order valence-corrected chi connectivity index (χ1v) is 5.70. The number of hydrogen-bond acceptors (Lipinski definition) is 2. The second-order valence-electron chi connectivity index (χ2n) is 3.97. The average Bonchev–Trinajstić information content (AvgIpc) is 3.06. The lowest BCUT2D eigenvalue weighted by Gasteiger charge is -2.14. The summed E-state index contributed by atoms with van der Waals surface area (Å²) in [6.45, 7) is 4.30. The molecule has 0 N–H and O–H groups in total. The fourth-order valence-corrected chi connectivity index (χ4v) is 2.03. The molecular weight excluding hydrogens is 200 g/mol. The Morgan fingerprint density at radius 3 is 2.50 bits per heavy atom. The molecule has 0 aromatic heterocycles. The molecule has 0 spiro atoms. The maximum Gasteiger partial charge on any atom is 0.320 e. The Morgan fingerprint density at radius 2 is 1.94 bits per heavy atom. The van der Waals surface area contributed by atoms with Gasteiger partial charge in [-0.1, -0.05) is 43.3 Å². The number of carbonyl (C=O) groups excluding carboxylic acids is 1. The third kappa shape index (κ3) is 1.64. The normalized spacial score (nSPS) is 22.5. The summed E-state index contributed by atoms with van der Waals surface area (Å²) in [5.74, 6) is -0.114. The maximum absolute atomic E-state index is 11.9. The van der Waals surface area contributed by atoms with Crippen LogP contribution >= 0.6 is 0 Å². The summed E-state index contributed by atoms with van der Waals surface area (Å²) in [4.78, 5) is 11.9. The second kappa shape index (κ2) is 4.12. The van der Waals surface area contributed by atoms with Crippen molar-refractivity contribution in [1.82, 2.24) is 0 Å². The van der Waals surface area contributed by atoms with Crippen LogP contribution in [0.25, 0.3) is 5.57 Å². The van der Waals surface area contributed by atoms with Crippen LogP contribution in [0.2, 0.25) is 0 Å². The van der Waals surface area contributed by atoms with Gasteiger partial charge in [0, 0.05) is 0 Å². The molecule has 2 nitrogen and oxygen atoms in total. The smallest absolute Gasteiger partial charge is 0.320 e. The summed E-state index contributed by atoms with van der Waals surface area (Å²) in [5, 5.41) is 0. The molecule has 0 saturated heterocycles. The van der Waals surface area contributed by atoms with Crippen molar-refractivity contribution in [2.45, 2.75) is 20.3 Å². The summed E-state index contributed by atoms with van der Waals surface area (Å²) >= 11 is 0. The van der Waals surface area contributed by atoms with Crippen molar-refractivity contribution in [2.75, 3.05) is 6.61 Å². The minimum absolute atomic E-state index is 0.114. The van der Waals surface area contributed by atoms with Gasteiger partial charge < -0.3 is 4.74 Å². The lowest BCUT2D eigenvalue weighted by molar-refractivity contribution is -0.148.